The Morgan fingerprint density at radius 3 is 2.13 bits per heavy atom. The smallest absolute Gasteiger partial charge is 0.247 e. The van der Waals surface area contributed by atoms with E-state index in [2.05, 4.69) is 10.6 Å². The molecule has 23 heavy (non-hydrogen) atoms. The van der Waals surface area contributed by atoms with Gasteiger partial charge >= 0.3 is 0 Å². The molecule has 0 bridgehead atoms. The first-order valence-electron chi connectivity index (χ1n) is 7.84. The number of hydrogen-bond donors (Lipinski definition) is 2. The predicted octanol–water partition coefficient (Wildman–Crippen LogP) is 2.34. The van der Waals surface area contributed by atoms with Gasteiger partial charge in [0.15, 0.2) is 0 Å². The van der Waals surface area contributed by atoms with Crippen LogP contribution in [0, 0.1) is 5.92 Å². The van der Waals surface area contributed by atoms with E-state index < -0.39 is 6.04 Å². The molecule has 1 aromatic carbocycles. The standard InChI is InChI=1S/C17H24N2O4/c1-11(20)18-16(12-6-4-5-7-12)17(21)19-13-8-14(22-2)10-15(9-13)23-3/h8-10,12,16H,4-7H2,1-3H3,(H,18,20)(H,19,21). The highest BCUT2D eigenvalue weighted by Gasteiger charge is 2.31. The van der Waals surface area contributed by atoms with E-state index in [9.17, 15) is 9.59 Å². The van der Waals surface area contributed by atoms with Crippen molar-refractivity contribution in [1.29, 1.82) is 0 Å². The lowest BCUT2D eigenvalue weighted by molar-refractivity contribution is -0.126. The lowest BCUT2D eigenvalue weighted by Crippen LogP contribution is -2.47. The predicted molar refractivity (Wildman–Crippen MR) is 87.7 cm³/mol. The molecular weight excluding hydrogens is 296 g/mol. The molecule has 6 nitrogen and oxygen atoms in total. The molecule has 0 radical (unpaired) electrons. The zero-order chi connectivity index (χ0) is 16.8. The number of rotatable bonds is 6. The van der Waals surface area contributed by atoms with Crippen LogP contribution in [0.1, 0.15) is 32.6 Å². The summed E-state index contributed by atoms with van der Waals surface area (Å²) in [5.74, 6) is 0.974. The topological polar surface area (TPSA) is 76.7 Å². The van der Waals surface area contributed by atoms with Gasteiger partial charge in [-0.25, -0.2) is 0 Å². The van der Waals surface area contributed by atoms with Crippen molar-refractivity contribution in [2.45, 2.75) is 38.6 Å². The number of anilines is 1. The first kappa shape index (κ1) is 17.1. The lowest BCUT2D eigenvalue weighted by Gasteiger charge is -2.23. The van der Waals surface area contributed by atoms with Gasteiger partial charge in [0.05, 0.1) is 14.2 Å². The Labute approximate surface area is 136 Å². The molecule has 126 valence electrons. The van der Waals surface area contributed by atoms with Crippen molar-refractivity contribution in [2.24, 2.45) is 5.92 Å². The average Bonchev–Trinajstić information content (AvgIpc) is 3.05. The third kappa shape index (κ3) is 4.61. The fourth-order valence-corrected chi connectivity index (χ4v) is 3.01. The molecule has 1 atom stereocenters. The second-order valence-electron chi connectivity index (χ2n) is 5.81. The second kappa shape index (κ2) is 7.85. The molecule has 1 aromatic rings. The molecule has 0 aromatic heterocycles. The van der Waals surface area contributed by atoms with Crippen LogP contribution >= 0.6 is 0 Å². The molecule has 6 heteroatoms. The number of carbonyl (C=O) groups excluding carboxylic acids is 2. The van der Waals surface area contributed by atoms with E-state index in [1.165, 1.54) is 6.92 Å². The molecule has 1 fully saturated rings. The fraction of sp³-hybridized carbons (Fsp3) is 0.529. The molecule has 0 aliphatic heterocycles. The van der Waals surface area contributed by atoms with E-state index in [0.29, 0.717) is 17.2 Å². The van der Waals surface area contributed by atoms with Crippen LogP contribution in [0.25, 0.3) is 0 Å². The van der Waals surface area contributed by atoms with Crippen LogP contribution in [0.3, 0.4) is 0 Å². The monoisotopic (exact) mass is 320 g/mol. The maximum absolute atomic E-state index is 12.6. The molecule has 0 heterocycles. The number of amides is 2. The number of nitrogens with one attached hydrogen (secondary N) is 2. The Morgan fingerprint density at radius 1 is 1.09 bits per heavy atom. The van der Waals surface area contributed by atoms with Crippen molar-refractivity contribution in [3.05, 3.63) is 18.2 Å². The third-order valence-corrected chi connectivity index (χ3v) is 4.13. The van der Waals surface area contributed by atoms with Gasteiger partial charge in [0.25, 0.3) is 0 Å². The third-order valence-electron chi connectivity index (χ3n) is 4.13. The van der Waals surface area contributed by atoms with Crippen LogP contribution in [-0.2, 0) is 9.59 Å². The van der Waals surface area contributed by atoms with E-state index in [-0.39, 0.29) is 17.7 Å². The lowest BCUT2D eigenvalue weighted by atomic mass is 9.97. The van der Waals surface area contributed by atoms with Crippen molar-refractivity contribution in [3.8, 4) is 11.5 Å². The Bertz CT molecular complexity index is 545. The Kier molecular flexibility index (Phi) is 5.84. The Balaban J connectivity index is 2.15. The number of benzene rings is 1. The average molecular weight is 320 g/mol. The number of hydrogen-bond acceptors (Lipinski definition) is 4. The molecule has 2 N–H and O–H groups in total. The minimum atomic E-state index is -0.507. The summed E-state index contributed by atoms with van der Waals surface area (Å²) in [6.45, 7) is 1.43. The maximum atomic E-state index is 12.6. The van der Waals surface area contributed by atoms with Crippen LogP contribution in [0.2, 0.25) is 0 Å². The van der Waals surface area contributed by atoms with Crippen LogP contribution in [0.15, 0.2) is 18.2 Å². The van der Waals surface area contributed by atoms with Gasteiger partial charge in [-0.1, -0.05) is 12.8 Å². The summed E-state index contributed by atoms with van der Waals surface area (Å²) in [6, 6.07) is 4.67. The van der Waals surface area contributed by atoms with Gasteiger partial charge in [-0.15, -0.1) is 0 Å². The SMILES string of the molecule is COc1cc(NC(=O)C(NC(C)=O)C2CCCC2)cc(OC)c1. The van der Waals surface area contributed by atoms with Crippen LogP contribution in [-0.4, -0.2) is 32.1 Å². The van der Waals surface area contributed by atoms with Gasteiger partial charge in [-0.05, 0) is 18.8 Å². The number of methoxy groups -OCH3 is 2. The quantitative estimate of drug-likeness (QED) is 0.843. The van der Waals surface area contributed by atoms with E-state index in [0.717, 1.165) is 25.7 Å². The highest BCUT2D eigenvalue weighted by Crippen LogP contribution is 2.30. The molecule has 2 rings (SSSR count). The van der Waals surface area contributed by atoms with E-state index in [1.807, 2.05) is 0 Å². The highest BCUT2D eigenvalue weighted by atomic mass is 16.5. The summed E-state index contributed by atoms with van der Waals surface area (Å²) >= 11 is 0. The highest BCUT2D eigenvalue weighted by molar-refractivity contribution is 5.97. The number of ether oxygens (including phenoxy) is 2. The maximum Gasteiger partial charge on any atom is 0.247 e. The Morgan fingerprint density at radius 2 is 1.65 bits per heavy atom. The van der Waals surface area contributed by atoms with Crippen LogP contribution in [0.5, 0.6) is 11.5 Å². The van der Waals surface area contributed by atoms with E-state index >= 15 is 0 Å². The van der Waals surface area contributed by atoms with Crippen molar-refractivity contribution in [3.63, 3.8) is 0 Å². The molecule has 2 amide bonds. The van der Waals surface area contributed by atoms with Gasteiger partial charge in [0, 0.05) is 30.8 Å². The molecule has 1 unspecified atom stereocenters. The number of carbonyl (C=O) groups is 2. The van der Waals surface area contributed by atoms with E-state index in [1.54, 1.807) is 32.4 Å². The minimum Gasteiger partial charge on any atom is -0.497 e. The summed E-state index contributed by atoms with van der Waals surface area (Å²) < 4.78 is 10.4. The molecule has 1 aliphatic rings. The normalized spacial score (nSPS) is 15.8. The van der Waals surface area contributed by atoms with Crippen LogP contribution < -0.4 is 20.1 Å². The van der Waals surface area contributed by atoms with Crippen molar-refractivity contribution < 1.29 is 19.1 Å². The summed E-state index contributed by atoms with van der Waals surface area (Å²) in [5.41, 5.74) is 0.583. The second-order valence-corrected chi connectivity index (χ2v) is 5.81. The van der Waals surface area contributed by atoms with Gasteiger partial charge in [0.1, 0.15) is 17.5 Å². The zero-order valence-corrected chi connectivity index (χ0v) is 13.8. The molecule has 1 aliphatic carbocycles. The van der Waals surface area contributed by atoms with Crippen molar-refractivity contribution >= 4 is 17.5 Å². The molecule has 1 saturated carbocycles. The van der Waals surface area contributed by atoms with Gasteiger partial charge in [0.2, 0.25) is 11.8 Å². The fourth-order valence-electron chi connectivity index (χ4n) is 3.01. The Hall–Kier alpha value is -2.24. The summed E-state index contributed by atoms with van der Waals surface area (Å²) in [5, 5.41) is 5.65. The molecule has 0 spiro atoms. The summed E-state index contributed by atoms with van der Waals surface area (Å²) in [6.07, 6.45) is 4.11. The minimum absolute atomic E-state index is 0.186. The van der Waals surface area contributed by atoms with Gasteiger partial charge in [-0.3, -0.25) is 9.59 Å². The summed E-state index contributed by atoms with van der Waals surface area (Å²) in [4.78, 5) is 24.1. The van der Waals surface area contributed by atoms with E-state index in [4.69, 9.17) is 9.47 Å². The first-order valence-corrected chi connectivity index (χ1v) is 7.84. The largest absolute Gasteiger partial charge is 0.497 e. The van der Waals surface area contributed by atoms with Crippen molar-refractivity contribution in [1.82, 2.24) is 5.32 Å². The summed E-state index contributed by atoms with van der Waals surface area (Å²) in [7, 11) is 3.11. The van der Waals surface area contributed by atoms with Gasteiger partial charge < -0.3 is 20.1 Å². The van der Waals surface area contributed by atoms with Crippen LogP contribution in [0.4, 0.5) is 5.69 Å². The molecular formula is C17H24N2O4. The zero-order valence-electron chi connectivity index (χ0n) is 13.8. The molecule has 0 saturated heterocycles. The van der Waals surface area contributed by atoms with Crippen molar-refractivity contribution in [2.75, 3.05) is 19.5 Å². The first-order chi connectivity index (χ1) is 11.0. The van der Waals surface area contributed by atoms with Gasteiger partial charge in [-0.2, -0.15) is 0 Å².